The molecule has 0 saturated heterocycles. The standard InChI is InChI=1S/C16H26N2O2/c1-4-20-13-6-5-11-17-14(13)18-12-16(19)9-7-15(2,3)8-10-16/h5-6,11,19H,4,7-10,12H2,1-3H3,(H,17,18). The van der Waals surface area contributed by atoms with E-state index in [-0.39, 0.29) is 0 Å². The molecule has 1 heterocycles. The molecular weight excluding hydrogens is 252 g/mol. The summed E-state index contributed by atoms with van der Waals surface area (Å²) in [7, 11) is 0. The van der Waals surface area contributed by atoms with Crippen LogP contribution in [0.25, 0.3) is 0 Å². The van der Waals surface area contributed by atoms with Crippen molar-refractivity contribution in [1.29, 1.82) is 0 Å². The van der Waals surface area contributed by atoms with Crippen molar-refractivity contribution in [3.63, 3.8) is 0 Å². The first-order valence-electron chi connectivity index (χ1n) is 7.48. The maximum atomic E-state index is 10.7. The number of rotatable bonds is 5. The summed E-state index contributed by atoms with van der Waals surface area (Å²) in [5.41, 5.74) is -0.274. The Balaban J connectivity index is 1.95. The van der Waals surface area contributed by atoms with Crippen molar-refractivity contribution in [2.24, 2.45) is 5.41 Å². The molecule has 20 heavy (non-hydrogen) atoms. The molecule has 0 amide bonds. The zero-order valence-corrected chi connectivity index (χ0v) is 12.8. The molecule has 0 spiro atoms. The van der Waals surface area contributed by atoms with Crippen LogP contribution in [0.3, 0.4) is 0 Å². The first kappa shape index (κ1) is 15.1. The van der Waals surface area contributed by atoms with Gasteiger partial charge in [-0.05, 0) is 50.2 Å². The Labute approximate surface area is 121 Å². The predicted molar refractivity (Wildman–Crippen MR) is 81.1 cm³/mol. The van der Waals surface area contributed by atoms with E-state index in [1.165, 1.54) is 0 Å². The fourth-order valence-electron chi connectivity index (χ4n) is 2.61. The highest BCUT2D eigenvalue weighted by atomic mass is 16.5. The highest BCUT2D eigenvalue weighted by Gasteiger charge is 2.36. The third kappa shape index (κ3) is 3.85. The van der Waals surface area contributed by atoms with Gasteiger partial charge in [0.05, 0.1) is 12.2 Å². The molecule has 2 rings (SSSR count). The van der Waals surface area contributed by atoms with Gasteiger partial charge < -0.3 is 15.2 Å². The van der Waals surface area contributed by atoms with Crippen molar-refractivity contribution in [3.05, 3.63) is 18.3 Å². The van der Waals surface area contributed by atoms with Crippen LogP contribution in [0, 0.1) is 5.41 Å². The lowest BCUT2D eigenvalue weighted by Crippen LogP contribution is -2.42. The number of nitrogens with one attached hydrogen (secondary N) is 1. The van der Waals surface area contributed by atoms with E-state index in [0.29, 0.717) is 24.4 Å². The number of aliphatic hydroxyl groups is 1. The van der Waals surface area contributed by atoms with Gasteiger partial charge in [-0.25, -0.2) is 4.98 Å². The quantitative estimate of drug-likeness (QED) is 0.868. The molecule has 1 aliphatic rings. The van der Waals surface area contributed by atoms with Crippen LogP contribution in [0.4, 0.5) is 5.82 Å². The number of pyridine rings is 1. The molecule has 0 atom stereocenters. The van der Waals surface area contributed by atoms with E-state index in [9.17, 15) is 5.11 Å². The van der Waals surface area contributed by atoms with Crippen LogP contribution in [0.15, 0.2) is 18.3 Å². The topological polar surface area (TPSA) is 54.4 Å². The van der Waals surface area contributed by atoms with Gasteiger partial charge in [-0.1, -0.05) is 13.8 Å². The summed E-state index contributed by atoms with van der Waals surface area (Å²) in [6, 6.07) is 3.75. The number of hydrogen-bond acceptors (Lipinski definition) is 4. The molecule has 112 valence electrons. The lowest BCUT2D eigenvalue weighted by atomic mass is 9.71. The second kappa shape index (κ2) is 6.00. The third-order valence-electron chi connectivity index (χ3n) is 4.19. The van der Waals surface area contributed by atoms with Gasteiger partial charge in [0, 0.05) is 12.7 Å². The van der Waals surface area contributed by atoms with Crippen LogP contribution < -0.4 is 10.1 Å². The van der Waals surface area contributed by atoms with Crippen LogP contribution in [-0.4, -0.2) is 28.8 Å². The van der Waals surface area contributed by atoms with Gasteiger partial charge in [0.1, 0.15) is 0 Å². The molecule has 4 nitrogen and oxygen atoms in total. The van der Waals surface area contributed by atoms with Crippen LogP contribution in [0.5, 0.6) is 5.75 Å². The monoisotopic (exact) mass is 278 g/mol. The molecule has 0 unspecified atom stereocenters. The number of anilines is 1. The molecular formula is C16H26N2O2. The maximum absolute atomic E-state index is 10.7. The van der Waals surface area contributed by atoms with Crippen molar-refractivity contribution in [1.82, 2.24) is 4.98 Å². The van der Waals surface area contributed by atoms with Gasteiger partial charge >= 0.3 is 0 Å². The summed E-state index contributed by atoms with van der Waals surface area (Å²) in [6.07, 6.45) is 5.53. The van der Waals surface area contributed by atoms with Gasteiger partial charge in [-0.2, -0.15) is 0 Å². The number of hydrogen-bond donors (Lipinski definition) is 2. The van der Waals surface area contributed by atoms with Gasteiger partial charge in [0.25, 0.3) is 0 Å². The Morgan fingerprint density at radius 1 is 1.30 bits per heavy atom. The van der Waals surface area contributed by atoms with E-state index in [4.69, 9.17) is 4.74 Å². The van der Waals surface area contributed by atoms with Gasteiger partial charge in [-0.15, -0.1) is 0 Å². The van der Waals surface area contributed by atoms with Crippen molar-refractivity contribution in [2.45, 2.75) is 52.1 Å². The fraction of sp³-hybridized carbons (Fsp3) is 0.688. The summed E-state index contributed by atoms with van der Waals surface area (Å²) >= 11 is 0. The zero-order valence-electron chi connectivity index (χ0n) is 12.8. The average Bonchev–Trinajstić information content (AvgIpc) is 2.42. The maximum Gasteiger partial charge on any atom is 0.168 e. The van der Waals surface area contributed by atoms with E-state index >= 15 is 0 Å². The molecule has 0 aliphatic heterocycles. The predicted octanol–water partition coefficient (Wildman–Crippen LogP) is 3.22. The van der Waals surface area contributed by atoms with E-state index in [0.717, 1.165) is 31.4 Å². The lowest BCUT2D eigenvalue weighted by molar-refractivity contribution is -0.0146. The van der Waals surface area contributed by atoms with E-state index in [1.54, 1.807) is 6.20 Å². The minimum Gasteiger partial charge on any atom is -0.490 e. The zero-order chi connectivity index (χ0) is 14.6. The summed E-state index contributed by atoms with van der Waals surface area (Å²) in [6.45, 7) is 7.63. The first-order valence-corrected chi connectivity index (χ1v) is 7.48. The number of nitrogens with zero attached hydrogens (tertiary/aromatic N) is 1. The second-order valence-corrected chi connectivity index (χ2v) is 6.53. The largest absolute Gasteiger partial charge is 0.490 e. The van der Waals surface area contributed by atoms with Crippen molar-refractivity contribution < 1.29 is 9.84 Å². The molecule has 1 aromatic rings. The average molecular weight is 278 g/mol. The van der Waals surface area contributed by atoms with Gasteiger partial charge in [0.2, 0.25) is 0 Å². The Morgan fingerprint density at radius 2 is 2.00 bits per heavy atom. The van der Waals surface area contributed by atoms with Gasteiger partial charge in [0.15, 0.2) is 11.6 Å². The van der Waals surface area contributed by atoms with Crippen molar-refractivity contribution in [3.8, 4) is 5.75 Å². The molecule has 4 heteroatoms. The third-order valence-corrected chi connectivity index (χ3v) is 4.19. The molecule has 1 aromatic heterocycles. The molecule has 1 aliphatic carbocycles. The van der Waals surface area contributed by atoms with E-state index in [1.807, 2.05) is 19.1 Å². The van der Waals surface area contributed by atoms with Crippen molar-refractivity contribution >= 4 is 5.82 Å². The molecule has 0 radical (unpaired) electrons. The summed E-state index contributed by atoms with van der Waals surface area (Å²) in [4.78, 5) is 4.29. The molecule has 2 N–H and O–H groups in total. The highest BCUT2D eigenvalue weighted by molar-refractivity contribution is 5.49. The molecule has 1 saturated carbocycles. The van der Waals surface area contributed by atoms with Crippen LogP contribution in [-0.2, 0) is 0 Å². The Morgan fingerprint density at radius 3 is 2.65 bits per heavy atom. The number of ether oxygens (including phenoxy) is 1. The van der Waals surface area contributed by atoms with Crippen LogP contribution in [0.1, 0.15) is 46.5 Å². The normalized spacial score (nSPS) is 20.4. The van der Waals surface area contributed by atoms with Crippen molar-refractivity contribution in [2.75, 3.05) is 18.5 Å². The molecule has 1 fully saturated rings. The highest BCUT2D eigenvalue weighted by Crippen LogP contribution is 2.40. The second-order valence-electron chi connectivity index (χ2n) is 6.53. The minimum atomic E-state index is -0.628. The Kier molecular flexibility index (Phi) is 4.53. The number of aromatic nitrogens is 1. The smallest absolute Gasteiger partial charge is 0.168 e. The fourth-order valence-corrected chi connectivity index (χ4v) is 2.61. The Bertz CT molecular complexity index is 436. The van der Waals surface area contributed by atoms with Crippen LogP contribution in [0.2, 0.25) is 0 Å². The van der Waals surface area contributed by atoms with E-state index in [2.05, 4.69) is 24.1 Å². The minimum absolute atomic E-state index is 0.355. The SMILES string of the molecule is CCOc1cccnc1NCC1(O)CCC(C)(C)CC1. The van der Waals surface area contributed by atoms with Gasteiger partial charge in [-0.3, -0.25) is 0 Å². The summed E-state index contributed by atoms with van der Waals surface area (Å²) in [5.74, 6) is 1.46. The Hall–Kier alpha value is -1.29. The summed E-state index contributed by atoms with van der Waals surface area (Å²) in [5, 5.41) is 13.9. The first-order chi connectivity index (χ1) is 9.44. The molecule has 0 aromatic carbocycles. The summed E-state index contributed by atoms with van der Waals surface area (Å²) < 4.78 is 5.54. The lowest BCUT2D eigenvalue weighted by Gasteiger charge is -2.40. The van der Waals surface area contributed by atoms with E-state index < -0.39 is 5.60 Å². The van der Waals surface area contributed by atoms with Crippen LogP contribution >= 0.6 is 0 Å². The molecule has 0 bridgehead atoms.